The van der Waals surface area contributed by atoms with Crippen LogP contribution in [0.2, 0.25) is 0 Å². The highest BCUT2D eigenvalue weighted by Crippen LogP contribution is 2.30. The molecule has 0 spiro atoms. The summed E-state index contributed by atoms with van der Waals surface area (Å²) in [5.41, 5.74) is 0. The van der Waals surface area contributed by atoms with Gasteiger partial charge in [-0.25, -0.2) is 0 Å². The Morgan fingerprint density at radius 1 is 1.44 bits per heavy atom. The first-order valence-electron chi connectivity index (χ1n) is 1.92. The second kappa shape index (κ2) is 3.91. The van der Waals surface area contributed by atoms with Crippen LogP contribution in [0.4, 0.5) is 0 Å². The molecule has 9 heavy (non-hydrogen) atoms. The van der Waals surface area contributed by atoms with E-state index in [1.165, 1.54) is 26.8 Å². The number of aromatic nitrogens is 4. The number of hydrogen-bond donors (Lipinski definition) is 1. The van der Waals surface area contributed by atoms with Crippen molar-refractivity contribution >= 4 is 32.3 Å². The van der Waals surface area contributed by atoms with Crippen molar-refractivity contribution in [2.75, 3.05) is 0 Å². The van der Waals surface area contributed by atoms with E-state index in [-0.39, 0.29) is 0 Å². The number of rotatable bonds is 2. The van der Waals surface area contributed by atoms with Crippen LogP contribution in [0.5, 0.6) is 0 Å². The predicted octanol–water partition coefficient (Wildman–Crippen LogP) is 0.852. The van der Waals surface area contributed by atoms with Crippen molar-refractivity contribution in [2.45, 2.75) is 5.03 Å². The summed E-state index contributed by atoms with van der Waals surface area (Å²) in [5, 5.41) is 14.5. The third-order valence-corrected chi connectivity index (χ3v) is 2.36. The maximum absolute atomic E-state index is 3.90. The second-order valence-corrected chi connectivity index (χ2v) is 4.04. The van der Waals surface area contributed by atoms with Crippen LogP contribution >= 0.6 is 32.3 Å². The summed E-state index contributed by atoms with van der Waals surface area (Å²) in [4.78, 5) is 0. The Morgan fingerprint density at radius 3 is 2.89 bits per heavy atom. The maximum atomic E-state index is 3.90. The van der Waals surface area contributed by atoms with Crippen molar-refractivity contribution in [3.05, 3.63) is 6.20 Å². The average Bonchev–Trinajstić information content (AvgIpc) is 1.91. The minimum atomic E-state index is 0.713. The molecule has 0 saturated carbocycles. The Hall–Kier alpha value is -0.0100. The molecule has 0 bridgehead atoms. The zero-order valence-corrected chi connectivity index (χ0v) is 6.66. The standard InChI is InChI=1S/C2H2N4S3/c7-9-8-2-1-3-5-6-4-2/h1,7H. The van der Waals surface area contributed by atoms with Crippen molar-refractivity contribution in [1.82, 2.24) is 20.6 Å². The van der Waals surface area contributed by atoms with E-state index in [2.05, 4.69) is 32.3 Å². The molecule has 0 amide bonds. The van der Waals surface area contributed by atoms with Crippen molar-refractivity contribution in [2.24, 2.45) is 0 Å². The van der Waals surface area contributed by atoms with Gasteiger partial charge in [0.05, 0.1) is 6.20 Å². The van der Waals surface area contributed by atoms with E-state index >= 15 is 0 Å². The Balaban J connectivity index is 2.61. The number of thiol groups is 1. The number of hydrogen-bond acceptors (Lipinski definition) is 7. The summed E-state index contributed by atoms with van der Waals surface area (Å²) in [5.74, 6) is 0. The summed E-state index contributed by atoms with van der Waals surface area (Å²) in [7, 11) is 2.68. The van der Waals surface area contributed by atoms with Gasteiger partial charge in [-0.1, -0.05) is 11.7 Å². The monoisotopic (exact) mass is 178 g/mol. The van der Waals surface area contributed by atoms with Gasteiger partial charge in [0, 0.05) is 0 Å². The van der Waals surface area contributed by atoms with E-state index in [9.17, 15) is 0 Å². The maximum Gasteiger partial charge on any atom is 0.152 e. The van der Waals surface area contributed by atoms with Crippen LogP contribution in [-0.2, 0) is 0 Å². The fourth-order valence-electron chi connectivity index (χ4n) is 0.265. The second-order valence-electron chi connectivity index (χ2n) is 1.02. The summed E-state index contributed by atoms with van der Waals surface area (Å²) < 4.78 is 0. The molecule has 0 saturated heterocycles. The molecule has 0 radical (unpaired) electrons. The summed E-state index contributed by atoms with van der Waals surface area (Å²) in [6.07, 6.45) is 1.53. The lowest BCUT2D eigenvalue weighted by atomic mass is 10.9. The Kier molecular flexibility index (Phi) is 3.09. The quantitative estimate of drug-likeness (QED) is 0.535. The molecule has 1 aromatic rings. The van der Waals surface area contributed by atoms with E-state index in [4.69, 9.17) is 0 Å². The molecule has 0 fully saturated rings. The van der Waals surface area contributed by atoms with Crippen LogP contribution in [0, 0.1) is 0 Å². The fourth-order valence-corrected chi connectivity index (χ4v) is 1.65. The van der Waals surface area contributed by atoms with Gasteiger partial charge in [0.25, 0.3) is 0 Å². The predicted molar refractivity (Wildman–Crippen MR) is 40.1 cm³/mol. The normalized spacial score (nSPS) is 9.44. The van der Waals surface area contributed by atoms with Crippen LogP contribution in [0.3, 0.4) is 0 Å². The molecular formula is C2H2N4S3. The highest BCUT2D eigenvalue weighted by molar-refractivity contribution is 9.05. The molecule has 0 atom stereocenters. The first-order chi connectivity index (χ1) is 4.43. The van der Waals surface area contributed by atoms with Crippen molar-refractivity contribution in [3.8, 4) is 0 Å². The van der Waals surface area contributed by atoms with Crippen LogP contribution < -0.4 is 0 Å². The molecule has 0 aliphatic heterocycles. The summed E-state index contributed by atoms with van der Waals surface area (Å²) >= 11 is 3.90. The molecule has 7 heteroatoms. The molecule has 0 aromatic carbocycles. The van der Waals surface area contributed by atoms with E-state index in [0.29, 0.717) is 5.03 Å². The highest BCUT2D eigenvalue weighted by Gasteiger charge is 1.91. The Morgan fingerprint density at radius 2 is 2.33 bits per heavy atom. The molecule has 0 unspecified atom stereocenters. The molecular weight excluding hydrogens is 176 g/mol. The Labute approximate surface area is 64.4 Å². The average molecular weight is 178 g/mol. The van der Waals surface area contributed by atoms with E-state index in [1.807, 2.05) is 0 Å². The molecule has 1 rings (SSSR count). The molecule has 1 heterocycles. The topological polar surface area (TPSA) is 51.6 Å². The van der Waals surface area contributed by atoms with E-state index < -0.39 is 0 Å². The minimum Gasteiger partial charge on any atom is -0.134 e. The van der Waals surface area contributed by atoms with Gasteiger partial charge in [-0.2, -0.15) is 0 Å². The van der Waals surface area contributed by atoms with Crippen molar-refractivity contribution in [1.29, 1.82) is 0 Å². The van der Waals surface area contributed by atoms with Gasteiger partial charge in [0.15, 0.2) is 5.03 Å². The van der Waals surface area contributed by atoms with Crippen LogP contribution in [0.25, 0.3) is 0 Å². The smallest absolute Gasteiger partial charge is 0.134 e. The van der Waals surface area contributed by atoms with Crippen molar-refractivity contribution < 1.29 is 0 Å². The summed E-state index contributed by atoms with van der Waals surface area (Å²) in [6, 6.07) is 0. The Bertz CT molecular complexity index is 167. The number of nitrogens with zero attached hydrogens (tertiary/aromatic N) is 4. The molecule has 48 valence electrons. The van der Waals surface area contributed by atoms with Crippen LogP contribution in [-0.4, -0.2) is 20.6 Å². The van der Waals surface area contributed by atoms with E-state index in [1.54, 1.807) is 0 Å². The molecule has 4 nitrogen and oxygen atoms in total. The molecule has 1 aromatic heterocycles. The zero-order valence-electron chi connectivity index (χ0n) is 4.13. The van der Waals surface area contributed by atoms with Gasteiger partial charge in [-0.15, -0.1) is 10.2 Å². The van der Waals surface area contributed by atoms with Gasteiger partial charge >= 0.3 is 0 Å². The van der Waals surface area contributed by atoms with Crippen molar-refractivity contribution in [3.63, 3.8) is 0 Å². The van der Waals surface area contributed by atoms with Gasteiger partial charge in [0.1, 0.15) is 0 Å². The lowest BCUT2D eigenvalue weighted by Gasteiger charge is -1.87. The first kappa shape index (κ1) is 7.10. The third-order valence-electron chi connectivity index (χ3n) is 0.526. The van der Waals surface area contributed by atoms with Gasteiger partial charge in [-0.3, -0.25) is 0 Å². The van der Waals surface area contributed by atoms with Crippen LogP contribution in [0.15, 0.2) is 11.2 Å². The molecule has 0 N–H and O–H groups in total. The molecule has 0 aliphatic rings. The third kappa shape index (κ3) is 2.37. The van der Waals surface area contributed by atoms with Gasteiger partial charge < -0.3 is 0 Å². The highest BCUT2D eigenvalue weighted by atomic mass is 33.5. The van der Waals surface area contributed by atoms with Gasteiger partial charge in [-0.05, 0) is 31.0 Å². The zero-order chi connectivity index (χ0) is 6.53. The molecule has 0 aliphatic carbocycles. The van der Waals surface area contributed by atoms with Gasteiger partial charge in [0.2, 0.25) is 0 Å². The van der Waals surface area contributed by atoms with E-state index in [0.717, 1.165) is 0 Å². The summed E-state index contributed by atoms with van der Waals surface area (Å²) in [6.45, 7) is 0. The minimum absolute atomic E-state index is 0.713. The lowest BCUT2D eigenvalue weighted by Crippen LogP contribution is -1.89. The lowest BCUT2D eigenvalue weighted by molar-refractivity contribution is 0.714. The first-order valence-corrected chi connectivity index (χ1v) is 5.13. The van der Waals surface area contributed by atoms with Crippen LogP contribution in [0.1, 0.15) is 0 Å². The largest absolute Gasteiger partial charge is 0.152 e. The fraction of sp³-hybridized carbons (Fsp3) is 0. The SMILES string of the molecule is SSSc1cnnnn1.